The number of amides is 1. The van der Waals surface area contributed by atoms with Crippen molar-refractivity contribution in [3.05, 3.63) is 34.3 Å². The number of aryl methyl sites for hydroxylation is 1. The van der Waals surface area contributed by atoms with Gasteiger partial charge in [-0.15, -0.1) is 0 Å². The average molecular weight is 282 g/mol. The van der Waals surface area contributed by atoms with E-state index in [2.05, 4.69) is 22.5 Å². The van der Waals surface area contributed by atoms with Gasteiger partial charge in [-0.25, -0.2) is 0 Å². The molecule has 0 spiro atoms. The van der Waals surface area contributed by atoms with Gasteiger partial charge in [-0.2, -0.15) is 0 Å². The van der Waals surface area contributed by atoms with Crippen LogP contribution in [-0.2, 0) is 11.3 Å². The molecule has 1 heterocycles. The molecule has 0 aromatic heterocycles. The van der Waals surface area contributed by atoms with Crippen molar-refractivity contribution in [1.82, 2.24) is 15.5 Å². The van der Waals surface area contributed by atoms with Crippen LogP contribution in [0.5, 0.6) is 0 Å². The second-order valence-electron chi connectivity index (χ2n) is 4.88. The van der Waals surface area contributed by atoms with Gasteiger partial charge < -0.3 is 10.6 Å². The fourth-order valence-corrected chi connectivity index (χ4v) is 2.64. The van der Waals surface area contributed by atoms with Crippen molar-refractivity contribution in [2.45, 2.75) is 19.5 Å². The summed E-state index contributed by atoms with van der Waals surface area (Å²) in [4.78, 5) is 14.1. The molecule has 0 radical (unpaired) electrons. The van der Waals surface area contributed by atoms with Gasteiger partial charge in [0.05, 0.1) is 0 Å². The van der Waals surface area contributed by atoms with Crippen LogP contribution in [0, 0.1) is 6.92 Å². The third-order valence-electron chi connectivity index (χ3n) is 3.58. The predicted octanol–water partition coefficient (Wildman–Crippen LogP) is 1.17. The number of nitrogens with zero attached hydrogens (tertiary/aromatic N) is 1. The van der Waals surface area contributed by atoms with Gasteiger partial charge in [-0.3, -0.25) is 9.69 Å². The summed E-state index contributed by atoms with van der Waals surface area (Å²) < 4.78 is 0. The summed E-state index contributed by atoms with van der Waals surface area (Å²) in [6.07, 6.45) is 0. The molecule has 1 fully saturated rings. The van der Waals surface area contributed by atoms with E-state index in [0.717, 1.165) is 24.7 Å². The van der Waals surface area contributed by atoms with E-state index in [0.29, 0.717) is 6.54 Å². The molecule has 1 atom stereocenters. The Morgan fingerprint density at radius 1 is 1.58 bits per heavy atom. The highest BCUT2D eigenvalue weighted by molar-refractivity contribution is 6.30. The summed E-state index contributed by atoms with van der Waals surface area (Å²) in [5.74, 6) is 0.0683. The number of hydrogen-bond acceptors (Lipinski definition) is 3. The Hall–Kier alpha value is -1.10. The highest BCUT2D eigenvalue weighted by Crippen LogP contribution is 2.18. The first-order valence-electron chi connectivity index (χ1n) is 6.53. The zero-order chi connectivity index (χ0) is 13.8. The number of rotatable bonds is 3. The molecule has 104 valence electrons. The maximum atomic E-state index is 11.9. The molecule has 5 heteroatoms. The Morgan fingerprint density at radius 2 is 2.37 bits per heavy atom. The lowest BCUT2D eigenvalue weighted by atomic mass is 10.1. The molecule has 2 N–H and O–H groups in total. The van der Waals surface area contributed by atoms with Gasteiger partial charge in [0.2, 0.25) is 5.91 Å². The lowest BCUT2D eigenvalue weighted by Crippen LogP contribution is -2.56. The number of hydrogen-bond donors (Lipinski definition) is 2. The van der Waals surface area contributed by atoms with Gasteiger partial charge in [0, 0.05) is 38.2 Å². The smallest absolute Gasteiger partial charge is 0.238 e. The van der Waals surface area contributed by atoms with E-state index in [-0.39, 0.29) is 11.9 Å². The Balaban J connectivity index is 2.13. The van der Waals surface area contributed by atoms with Gasteiger partial charge in [0.15, 0.2) is 0 Å². The lowest BCUT2D eigenvalue weighted by molar-refractivity contribution is -0.126. The predicted molar refractivity (Wildman–Crippen MR) is 77.3 cm³/mol. The molecule has 1 amide bonds. The average Bonchev–Trinajstić information content (AvgIpc) is 2.41. The van der Waals surface area contributed by atoms with Crippen LogP contribution in [0.25, 0.3) is 0 Å². The first-order chi connectivity index (χ1) is 9.11. The fraction of sp³-hybridized carbons (Fsp3) is 0.500. The maximum absolute atomic E-state index is 11.9. The van der Waals surface area contributed by atoms with E-state index in [1.54, 1.807) is 7.05 Å². The molecule has 1 unspecified atom stereocenters. The molecule has 1 saturated heterocycles. The molecule has 1 aromatic rings. The molecule has 4 nitrogen and oxygen atoms in total. The third-order valence-corrected chi connectivity index (χ3v) is 3.82. The minimum Gasteiger partial charge on any atom is -0.358 e. The summed E-state index contributed by atoms with van der Waals surface area (Å²) in [6, 6.07) is 5.81. The molecule has 19 heavy (non-hydrogen) atoms. The van der Waals surface area contributed by atoms with Crippen LogP contribution in [0.4, 0.5) is 0 Å². The normalized spacial score (nSPS) is 20.3. The number of piperazine rings is 1. The molecule has 1 aliphatic heterocycles. The number of nitrogens with one attached hydrogen (secondary N) is 2. The van der Waals surface area contributed by atoms with Crippen LogP contribution in [-0.4, -0.2) is 43.5 Å². The van der Waals surface area contributed by atoms with Crippen molar-refractivity contribution in [1.29, 1.82) is 0 Å². The molecule has 0 aliphatic carbocycles. The van der Waals surface area contributed by atoms with Crippen LogP contribution in [0.1, 0.15) is 11.1 Å². The lowest BCUT2D eigenvalue weighted by Gasteiger charge is -2.35. The van der Waals surface area contributed by atoms with Gasteiger partial charge in [0.25, 0.3) is 0 Å². The zero-order valence-corrected chi connectivity index (χ0v) is 12.1. The summed E-state index contributed by atoms with van der Waals surface area (Å²) in [7, 11) is 1.68. The van der Waals surface area contributed by atoms with Crippen LogP contribution >= 0.6 is 11.6 Å². The SMILES string of the molecule is CNC(=O)C1CNCCN1Cc1ccc(Cl)cc1C. The monoisotopic (exact) mass is 281 g/mol. The highest BCUT2D eigenvalue weighted by atomic mass is 35.5. The zero-order valence-electron chi connectivity index (χ0n) is 11.4. The van der Waals surface area contributed by atoms with Crippen molar-refractivity contribution in [3.63, 3.8) is 0 Å². The summed E-state index contributed by atoms with van der Waals surface area (Å²) in [6.45, 7) is 5.33. The van der Waals surface area contributed by atoms with Crippen molar-refractivity contribution >= 4 is 17.5 Å². The number of carbonyl (C=O) groups excluding carboxylic acids is 1. The first kappa shape index (κ1) is 14.3. The molecule has 2 rings (SSSR count). The Labute approximate surface area is 119 Å². The summed E-state index contributed by atoms with van der Waals surface area (Å²) in [5, 5.41) is 6.75. The number of benzene rings is 1. The van der Waals surface area contributed by atoms with Crippen LogP contribution in [0.2, 0.25) is 5.02 Å². The standard InChI is InChI=1S/C14H20ClN3O/c1-10-7-12(15)4-3-11(10)9-18-6-5-17-8-13(18)14(19)16-2/h3-4,7,13,17H,5-6,8-9H2,1-2H3,(H,16,19). The molecular formula is C14H20ClN3O. The van der Waals surface area contributed by atoms with E-state index in [4.69, 9.17) is 11.6 Å². The van der Waals surface area contributed by atoms with E-state index >= 15 is 0 Å². The van der Waals surface area contributed by atoms with Crippen LogP contribution in [0.3, 0.4) is 0 Å². The Bertz CT molecular complexity index is 464. The third kappa shape index (κ3) is 3.47. The van der Waals surface area contributed by atoms with Gasteiger partial charge in [-0.05, 0) is 30.2 Å². The Kier molecular flexibility index (Phi) is 4.80. The van der Waals surface area contributed by atoms with Gasteiger partial charge in [-0.1, -0.05) is 17.7 Å². The molecule has 1 aliphatic rings. The summed E-state index contributed by atoms with van der Waals surface area (Å²) >= 11 is 5.97. The van der Waals surface area contributed by atoms with Gasteiger partial charge in [0.1, 0.15) is 6.04 Å². The van der Waals surface area contributed by atoms with Crippen LogP contribution in [0.15, 0.2) is 18.2 Å². The topological polar surface area (TPSA) is 44.4 Å². The highest BCUT2D eigenvalue weighted by Gasteiger charge is 2.27. The van der Waals surface area contributed by atoms with Gasteiger partial charge >= 0.3 is 0 Å². The minimum atomic E-state index is -0.103. The second-order valence-corrected chi connectivity index (χ2v) is 5.31. The maximum Gasteiger partial charge on any atom is 0.238 e. The molecule has 1 aromatic carbocycles. The van der Waals surface area contributed by atoms with E-state index in [1.165, 1.54) is 11.1 Å². The van der Waals surface area contributed by atoms with Crippen molar-refractivity contribution in [2.75, 3.05) is 26.7 Å². The summed E-state index contributed by atoms with van der Waals surface area (Å²) in [5.41, 5.74) is 2.39. The fourth-order valence-electron chi connectivity index (χ4n) is 2.42. The van der Waals surface area contributed by atoms with E-state index in [1.807, 2.05) is 18.2 Å². The Morgan fingerprint density at radius 3 is 3.05 bits per heavy atom. The first-order valence-corrected chi connectivity index (χ1v) is 6.91. The number of likely N-dealkylation sites (N-methyl/N-ethyl adjacent to an activating group) is 1. The molecule has 0 saturated carbocycles. The van der Waals surface area contributed by atoms with Crippen molar-refractivity contribution in [3.8, 4) is 0 Å². The van der Waals surface area contributed by atoms with Crippen LogP contribution < -0.4 is 10.6 Å². The second kappa shape index (κ2) is 6.37. The van der Waals surface area contributed by atoms with E-state index in [9.17, 15) is 4.79 Å². The van der Waals surface area contributed by atoms with E-state index < -0.39 is 0 Å². The molecule has 0 bridgehead atoms. The minimum absolute atomic E-state index is 0.0683. The quantitative estimate of drug-likeness (QED) is 0.874. The van der Waals surface area contributed by atoms with Crippen molar-refractivity contribution < 1.29 is 4.79 Å². The largest absolute Gasteiger partial charge is 0.358 e. The molecular weight excluding hydrogens is 262 g/mol. The number of carbonyl (C=O) groups is 1. The number of halogens is 1. The van der Waals surface area contributed by atoms with Crippen molar-refractivity contribution in [2.24, 2.45) is 0 Å².